The molecule has 0 spiro atoms. The Morgan fingerprint density at radius 3 is 2.94 bits per heavy atom. The molecule has 0 bridgehead atoms. The monoisotopic (exact) mass is 256 g/mol. The normalized spacial score (nSPS) is 13.3. The van der Waals surface area contributed by atoms with Crippen molar-refractivity contribution in [3.8, 4) is 0 Å². The van der Waals surface area contributed by atoms with E-state index in [-0.39, 0.29) is 11.6 Å². The highest BCUT2D eigenvalue weighted by Gasteiger charge is 2.19. The molecule has 1 aromatic rings. The zero-order valence-electron chi connectivity index (χ0n) is 9.63. The summed E-state index contributed by atoms with van der Waals surface area (Å²) in [5.74, 6) is 0. The fourth-order valence-electron chi connectivity index (χ4n) is 1.28. The molecule has 0 radical (unpaired) electrons. The summed E-state index contributed by atoms with van der Waals surface area (Å²) in [7, 11) is -3.68. The van der Waals surface area contributed by atoms with Gasteiger partial charge in [-0.15, -0.1) is 6.58 Å². The van der Waals surface area contributed by atoms with Gasteiger partial charge in [-0.1, -0.05) is 12.1 Å². The molecule has 1 atom stereocenters. The van der Waals surface area contributed by atoms with E-state index in [4.69, 9.17) is 5.11 Å². The second-order valence-corrected chi connectivity index (χ2v) is 5.34. The van der Waals surface area contributed by atoms with Gasteiger partial charge in [-0.25, -0.2) is 18.1 Å². The third-order valence-corrected chi connectivity index (χ3v) is 3.46. The number of aliphatic hydroxyl groups is 1. The number of hydrogen-bond donors (Lipinski definition) is 2. The number of sulfonamides is 1. The van der Waals surface area contributed by atoms with Crippen LogP contribution < -0.4 is 4.72 Å². The standard InChI is InChI=1S/C11H16N2O3S/c1-3-5-10-6-4-7-12-11(10)17(15,16)13-8-9(2)14/h3-4,6-7,9,13-14H,1,5,8H2,2H3/t9-/m1/s1. The van der Waals surface area contributed by atoms with Crippen molar-refractivity contribution in [2.75, 3.05) is 6.54 Å². The van der Waals surface area contributed by atoms with E-state index < -0.39 is 16.1 Å². The van der Waals surface area contributed by atoms with Crippen LogP contribution in [-0.4, -0.2) is 31.2 Å². The molecule has 0 amide bonds. The zero-order chi connectivity index (χ0) is 12.9. The van der Waals surface area contributed by atoms with Gasteiger partial charge in [0, 0.05) is 12.7 Å². The number of rotatable bonds is 6. The van der Waals surface area contributed by atoms with Gasteiger partial charge in [0.25, 0.3) is 10.0 Å². The quantitative estimate of drug-likeness (QED) is 0.725. The van der Waals surface area contributed by atoms with E-state index >= 15 is 0 Å². The fraction of sp³-hybridized carbons (Fsp3) is 0.364. The summed E-state index contributed by atoms with van der Waals surface area (Å²) >= 11 is 0. The van der Waals surface area contributed by atoms with E-state index in [2.05, 4.69) is 16.3 Å². The van der Waals surface area contributed by atoms with Crippen LogP contribution in [0.15, 0.2) is 36.0 Å². The molecule has 0 fully saturated rings. The molecule has 0 aromatic carbocycles. The van der Waals surface area contributed by atoms with Gasteiger partial charge in [-0.3, -0.25) is 0 Å². The molecule has 1 aromatic heterocycles. The van der Waals surface area contributed by atoms with E-state index in [9.17, 15) is 8.42 Å². The minimum atomic E-state index is -3.68. The SMILES string of the molecule is C=CCc1cccnc1S(=O)(=O)NC[C@@H](C)O. The van der Waals surface area contributed by atoms with Gasteiger partial charge in [0.1, 0.15) is 0 Å². The van der Waals surface area contributed by atoms with Gasteiger partial charge < -0.3 is 5.11 Å². The number of hydrogen-bond acceptors (Lipinski definition) is 4. The molecular weight excluding hydrogens is 240 g/mol. The van der Waals surface area contributed by atoms with Crippen molar-refractivity contribution in [2.24, 2.45) is 0 Å². The highest BCUT2D eigenvalue weighted by Crippen LogP contribution is 2.12. The van der Waals surface area contributed by atoms with Crippen molar-refractivity contribution in [1.29, 1.82) is 0 Å². The Morgan fingerprint density at radius 2 is 2.35 bits per heavy atom. The Balaban J connectivity index is 3.01. The summed E-state index contributed by atoms with van der Waals surface area (Å²) in [6.07, 6.45) is 2.73. The van der Waals surface area contributed by atoms with Crippen molar-refractivity contribution >= 4 is 10.0 Å². The Bertz CT molecular complexity index is 483. The molecule has 0 aliphatic rings. The zero-order valence-corrected chi connectivity index (χ0v) is 10.4. The van der Waals surface area contributed by atoms with Gasteiger partial charge in [-0.05, 0) is 25.0 Å². The Kier molecular flexibility index (Phi) is 4.80. The lowest BCUT2D eigenvalue weighted by Gasteiger charge is -2.10. The van der Waals surface area contributed by atoms with Gasteiger partial charge in [0.2, 0.25) is 0 Å². The number of nitrogens with zero attached hydrogens (tertiary/aromatic N) is 1. The molecule has 94 valence electrons. The number of aliphatic hydroxyl groups excluding tert-OH is 1. The third-order valence-electron chi connectivity index (χ3n) is 2.04. The molecule has 0 saturated carbocycles. The topological polar surface area (TPSA) is 79.3 Å². The molecule has 1 rings (SSSR count). The van der Waals surface area contributed by atoms with E-state index in [1.54, 1.807) is 18.2 Å². The summed E-state index contributed by atoms with van der Waals surface area (Å²) in [5, 5.41) is 9.06. The summed E-state index contributed by atoms with van der Waals surface area (Å²) in [6, 6.07) is 3.36. The van der Waals surface area contributed by atoms with Crippen LogP contribution in [0.25, 0.3) is 0 Å². The van der Waals surface area contributed by atoms with Crippen LogP contribution in [0.2, 0.25) is 0 Å². The van der Waals surface area contributed by atoms with Gasteiger partial charge in [0.05, 0.1) is 6.10 Å². The van der Waals surface area contributed by atoms with Crippen LogP contribution >= 0.6 is 0 Å². The molecule has 0 saturated heterocycles. The lowest BCUT2D eigenvalue weighted by molar-refractivity contribution is 0.198. The average molecular weight is 256 g/mol. The molecule has 5 nitrogen and oxygen atoms in total. The molecule has 0 unspecified atom stereocenters. The first-order chi connectivity index (χ1) is 7.97. The van der Waals surface area contributed by atoms with Gasteiger partial charge >= 0.3 is 0 Å². The molecule has 17 heavy (non-hydrogen) atoms. The van der Waals surface area contributed by atoms with E-state index in [0.717, 1.165) is 0 Å². The largest absolute Gasteiger partial charge is 0.392 e. The lowest BCUT2D eigenvalue weighted by Crippen LogP contribution is -2.31. The van der Waals surface area contributed by atoms with E-state index in [1.807, 2.05) is 0 Å². The molecule has 2 N–H and O–H groups in total. The highest BCUT2D eigenvalue weighted by molar-refractivity contribution is 7.89. The van der Waals surface area contributed by atoms with Crippen LogP contribution in [0.4, 0.5) is 0 Å². The second kappa shape index (κ2) is 5.90. The molecule has 0 aliphatic heterocycles. The first-order valence-electron chi connectivity index (χ1n) is 5.20. The number of allylic oxidation sites excluding steroid dienone is 1. The van der Waals surface area contributed by atoms with Crippen molar-refractivity contribution in [3.05, 3.63) is 36.5 Å². The average Bonchev–Trinajstić information content (AvgIpc) is 2.28. The van der Waals surface area contributed by atoms with Crippen molar-refractivity contribution in [3.63, 3.8) is 0 Å². The number of pyridine rings is 1. The van der Waals surface area contributed by atoms with Crippen molar-refractivity contribution < 1.29 is 13.5 Å². The Morgan fingerprint density at radius 1 is 1.65 bits per heavy atom. The second-order valence-electron chi connectivity index (χ2n) is 3.66. The maximum atomic E-state index is 11.9. The smallest absolute Gasteiger partial charge is 0.258 e. The van der Waals surface area contributed by atoms with Crippen LogP contribution in [0, 0.1) is 0 Å². The van der Waals surface area contributed by atoms with Crippen LogP contribution in [0.1, 0.15) is 12.5 Å². The number of nitrogens with one attached hydrogen (secondary N) is 1. The maximum Gasteiger partial charge on any atom is 0.258 e. The predicted octanol–water partition coefficient (Wildman–Crippen LogP) is 0.469. The first kappa shape index (κ1) is 13.8. The minimum Gasteiger partial charge on any atom is -0.392 e. The summed E-state index contributed by atoms with van der Waals surface area (Å²) < 4.78 is 26.1. The minimum absolute atomic E-state index is 0.0134. The van der Waals surface area contributed by atoms with Crippen molar-refractivity contribution in [1.82, 2.24) is 9.71 Å². The molecular formula is C11H16N2O3S. The number of aromatic nitrogens is 1. The highest BCUT2D eigenvalue weighted by atomic mass is 32.2. The third kappa shape index (κ3) is 3.92. The first-order valence-corrected chi connectivity index (χ1v) is 6.68. The van der Waals surface area contributed by atoms with Gasteiger partial charge in [0.15, 0.2) is 5.03 Å². The van der Waals surface area contributed by atoms with E-state index in [0.29, 0.717) is 12.0 Å². The van der Waals surface area contributed by atoms with Crippen LogP contribution in [0.3, 0.4) is 0 Å². The Hall–Kier alpha value is -1.24. The lowest BCUT2D eigenvalue weighted by atomic mass is 10.2. The summed E-state index contributed by atoms with van der Waals surface area (Å²) in [4.78, 5) is 3.87. The Labute approximate surface area is 101 Å². The molecule has 0 aliphatic carbocycles. The fourth-order valence-corrected chi connectivity index (χ4v) is 2.57. The molecule has 6 heteroatoms. The van der Waals surface area contributed by atoms with E-state index in [1.165, 1.54) is 13.1 Å². The summed E-state index contributed by atoms with van der Waals surface area (Å²) in [6.45, 7) is 5.04. The summed E-state index contributed by atoms with van der Waals surface area (Å²) in [5.41, 5.74) is 0.584. The maximum absolute atomic E-state index is 11.9. The van der Waals surface area contributed by atoms with Crippen LogP contribution in [-0.2, 0) is 16.4 Å². The molecule has 1 heterocycles. The van der Waals surface area contributed by atoms with Crippen molar-refractivity contribution in [2.45, 2.75) is 24.5 Å². The predicted molar refractivity (Wildman–Crippen MR) is 65.0 cm³/mol. The van der Waals surface area contributed by atoms with Crippen LogP contribution in [0.5, 0.6) is 0 Å². The van der Waals surface area contributed by atoms with Gasteiger partial charge in [-0.2, -0.15) is 0 Å².